The summed E-state index contributed by atoms with van der Waals surface area (Å²) in [5.41, 5.74) is 0.610. The van der Waals surface area contributed by atoms with Crippen molar-refractivity contribution in [3.05, 3.63) is 22.6 Å². The second-order valence-electron chi connectivity index (χ2n) is 2.94. The molecule has 0 radical (unpaired) electrons. The fraction of sp³-hybridized carbons (Fsp3) is 0.250. The second kappa shape index (κ2) is 3.93. The van der Waals surface area contributed by atoms with Crippen LogP contribution in [-0.4, -0.2) is 30.9 Å². The van der Waals surface area contributed by atoms with Gasteiger partial charge in [0, 0.05) is 6.42 Å². The van der Waals surface area contributed by atoms with Crippen molar-refractivity contribution < 1.29 is 9.90 Å². The van der Waals surface area contributed by atoms with Gasteiger partial charge in [-0.05, 0) is 28.1 Å². The molecule has 0 aromatic carbocycles. The van der Waals surface area contributed by atoms with Gasteiger partial charge in [-0.3, -0.25) is 4.79 Å². The minimum atomic E-state index is -0.859. The molecule has 78 valence electrons. The van der Waals surface area contributed by atoms with Crippen LogP contribution in [-0.2, 0) is 11.2 Å². The van der Waals surface area contributed by atoms with Gasteiger partial charge in [0.25, 0.3) is 0 Å². The number of carboxylic acid groups (broad SMARTS) is 1. The van der Waals surface area contributed by atoms with Crippen molar-refractivity contribution >= 4 is 27.5 Å². The van der Waals surface area contributed by atoms with E-state index < -0.39 is 5.97 Å². The Hall–Kier alpha value is -1.50. The summed E-state index contributed by atoms with van der Waals surface area (Å²) < 4.78 is 2.19. The molecule has 0 bridgehead atoms. The van der Waals surface area contributed by atoms with Crippen LogP contribution in [0.5, 0.6) is 0 Å². The van der Waals surface area contributed by atoms with Crippen LogP contribution in [0.2, 0.25) is 0 Å². The summed E-state index contributed by atoms with van der Waals surface area (Å²) in [6.45, 7) is 0. The molecule has 2 aromatic rings. The first-order valence-corrected chi connectivity index (χ1v) is 5.05. The number of fused-ring (bicyclic) bond motifs is 1. The summed E-state index contributed by atoms with van der Waals surface area (Å²) in [6, 6.07) is 3.51. The van der Waals surface area contributed by atoms with Crippen molar-refractivity contribution in [3.8, 4) is 0 Å². The lowest BCUT2D eigenvalue weighted by atomic mass is 10.3. The van der Waals surface area contributed by atoms with Gasteiger partial charge in [-0.2, -0.15) is 9.61 Å². The van der Waals surface area contributed by atoms with E-state index in [-0.39, 0.29) is 6.42 Å². The van der Waals surface area contributed by atoms with E-state index in [1.165, 1.54) is 4.52 Å². The smallest absolute Gasteiger partial charge is 0.303 e. The SMILES string of the molecule is O=C(O)CCc1nnc2ccc(Br)nn12. The van der Waals surface area contributed by atoms with E-state index in [0.29, 0.717) is 22.5 Å². The summed E-state index contributed by atoms with van der Waals surface area (Å²) in [5, 5.41) is 20.4. The molecule has 0 fully saturated rings. The number of hydrogen-bond acceptors (Lipinski definition) is 4. The molecule has 1 N–H and O–H groups in total. The molecule has 0 saturated carbocycles. The summed E-state index contributed by atoms with van der Waals surface area (Å²) in [6.07, 6.45) is 0.342. The Balaban J connectivity index is 2.35. The van der Waals surface area contributed by atoms with E-state index in [2.05, 4.69) is 31.2 Å². The largest absolute Gasteiger partial charge is 0.481 e. The van der Waals surface area contributed by atoms with Crippen LogP contribution in [0.15, 0.2) is 16.7 Å². The zero-order valence-electron chi connectivity index (χ0n) is 7.59. The van der Waals surface area contributed by atoms with E-state index in [0.717, 1.165) is 0 Å². The Labute approximate surface area is 93.1 Å². The third-order valence-electron chi connectivity index (χ3n) is 1.86. The quantitative estimate of drug-likeness (QED) is 0.897. The molecule has 0 amide bonds. The lowest BCUT2D eigenvalue weighted by Gasteiger charge is -1.96. The van der Waals surface area contributed by atoms with Crippen LogP contribution in [0.1, 0.15) is 12.2 Å². The van der Waals surface area contributed by atoms with Crippen LogP contribution < -0.4 is 0 Å². The van der Waals surface area contributed by atoms with Gasteiger partial charge in [0.05, 0.1) is 6.42 Å². The van der Waals surface area contributed by atoms with Crippen LogP contribution >= 0.6 is 15.9 Å². The number of nitrogens with zero attached hydrogens (tertiary/aromatic N) is 4. The molecule has 7 heteroatoms. The zero-order valence-corrected chi connectivity index (χ0v) is 9.18. The molecule has 0 atom stereocenters. The normalized spacial score (nSPS) is 10.7. The van der Waals surface area contributed by atoms with Crippen molar-refractivity contribution in [2.24, 2.45) is 0 Å². The molecular weight excluding hydrogens is 264 g/mol. The van der Waals surface area contributed by atoms with E-state index in [4.69, 9.17) is 5.11 Å². The van der Waals surface area contributed by atoms with Gasteiger partial charge in [0.2, 0.25) is 0 Å². The van der Waals surface area contributed by atoms with E-state index >= 15 is 0 Å². The molecule has 0 saturated heterocycles. The first-order valence-electron chi connectivity index (χ1n) is 4.25. The number of hydrogen-bond donors (Lipinski definition) is 1. The Morgan fingerprint density at radius 3 is 3.00 bits per heavy atom. The molecule has 6 nitrogen and oxygen atoms in total. The first-order chi connectivity index (χ1) is 7.16. The molecule has 15 heavy (non-hydrogen) atoms. The maximum absolute atomic E-state index is 10.4. The Morgan fingerprint density at radius 2 is 2.27 bits per heavy atom. The van der Waals surface area contributed by atoms with Crippen molar-refractivity contribution in [3.63, 3.8) is 0 Å². The van der Waals surface area contributed by atoms with Crippen LogP contribution in [0.4, 0.5) is 0 Å². The summed E-state index contributed by atoms with van der Waals surface area (Å²) >= 11 is 3.23. The second-order valence-corrected chi connectivity index (χ2v) is 3.75. The number of halogens is 1. The predicted molar refractivity (Wildman–Crippen MR) is 54.4 cm³/mol. The molecule has 0 aliphatic heterocycles. The molecule has 2 rings (SSSR count). The predicted octanol–water partition coefficient (Wildman–Crippen LogP) is 0.904. The maximum Gasteiger partial charge on any atom is 0.303 e. The zero-order chi connectivity index (χ0) is 10.8. The standard InChI is InChI=1S/C8H7BrN4O2/c9-5-1-2-6-10-11-7(13(6)12-5)3-4-8(14)15/h1-2H,3-4H2,(H,14,15). The number of rotatable bonds is 3. The van der Waals surface area contributed by atoms with Gasteiger partial charge >= 0.3 is 5.97 Å². The fourth-order valence-electron chi connectivity index (χ4n) is 1.19. The van der Waals surface area contributed by atoms with E-state index in [1.807, 2.05) is 0 Å². The van der Waals surface area contributed by atoms with E-state index in [9.17, 15) is 4.79 Å². The molecule has 0 unspecified atom stereocenters. The highest BCUT2D eigenvalue weighted by atomic mass is 79.9. The van der Waals surface area contributed by atoms with Crippen molar-refractivity contribution in [2.75, 3.05) is 0 Å². The summed E-state index contributed by atoms with van der Waals surface area (Å²) in [5.74, 6) is -0.310. The molecular formula is C8H7BrN4O2. The summed E-state index contributed by atoms with van der Waals surface area (Å²) in [4.78, 5) is 10.4. The highest BCUT2D eigenvalue weighted by Crippen LogP contribution is 2.09. The summed E-state index contributed by atoms with van der Waals surface area (Å²) in [7, 11) is 0. The average molecular weight is 271 g/mol. The number of carbonyl (C=O) groups is 1. The Kier molecular flexibility index (Phi) is 2.63. The van der Waals surface area contributed by atoms with Crippen LogP contribution in [0.3, 0.4) is 0 Å². The minimum Gasteiger partial charge on any atom is -0.481 e. The fourth-order valence-corrected chi connectivity index (χ4v) is 1.48. The Morgan fingerprint density at radius 1 is 1.47 bits per heavy atom. The number of aliphatic carboxylic acids is 1. The van der Waals surface area contributed by atoms with Gasteiger partial charge in [0.1, 0.15) is 4.60 Å². The van der Waals surface area contributed by atoms with Crippen molar-refractivity contribution in [2.45, 2.75) is 12.8 Å². The van der Waals surface area contributed by atoms with Gasteiger partial charge < -0.3 is 5.11 Å². The lowest BCUT2D eigenvalue weighted by molar-refractivity contribution is -0.137. The number of aryl methyl sites for hydroxylation is 1. The first kappa shape index (κ1) is 10.0. The lowest BCUT2D eigenvalue weighted by Crippen LogP contribution is -2.03. The van der Waals surface area contributed by atoms with Crippen LogP contribution in [0, 0.1) is 0 Å². The molecule has 0 aliphatic rings. The average Bonchev–Trinajstić information content (AvgIpc) is 2.57. The van der Waals surface area contributed by atoms with Gasteiger partial charge in [-0.15, -0.1) is 10.2 Å². The van der Waals surface area contributed by atoms with Gasteiger partial charge in [-0.25, -0.2) is 0 Å². The third-order valence-corrected chi connectivity index (χ3v) is 2.28. The number of aromatic nitrogens is 4. The molecule has 2 heterocycles. The number of carboxylic acids is 1. The van der Waals surface area contributed by atoms with E-state index in [1.54, 1.807) is 12.1 Å². The van der Waals surface area contributed by atoms with Gasteiger partial charge in [0.15, 0.2) is 11.5 Å². The molecule has 0 spiro atoms. The van der Waals surface area contributed by atoms with Crippen LogP contribution in [0.25, 0.3) is 5.65 Å². The van der Waals surface area contributed by atoms with Gasteiger partial charge in [-0.1, -0.05) is 0 Å². The van der Waals surface area contributed by atoms with Crippen molar-refractivity contribution in [1.82, 2.24) is 19.8 Å². The highest BCUT2D eigenvalue weighted by molar-refractivity contribution is 9.10. The monoisotopic (exact) mass is 270 g/mol. The Bertz CT molecular complexity index is 510. The maximum atomic E-state index is 10.4. The molecule has 2 aromatic heterocycles. The highest BCUT2D eigenvalue weighted by Gasteiger charge is 2.08. The minimum absolute atomic E-state index is 0.0228. The third kappa shape index (κ3) is 2.12. The van der Waals surface area contributed by atoms with Crippen molar-refractivity contribution in [1.29, 1.82) is 0 Å². The topological polar surface area (TPSA) is 80.4 Å². The molecule has 0 aliphatic carbocycles.